The fraction of sp³-hybridized carbons (Fsp3) is 0.500. The number of rotatable bonds is 5. The summed E-state index contributed by atoms with van der Waals surface area (Å²) in [4.78, 5) is 2.09. The predicted molar refractivity (Wildman–Crippen MR) is 66.2 cm³/mol. The van der Waals surface area contributed by atoms with E-state index in [1.165, 1.54) is 12.1 Å². The van der Waals surface area contributed by atoms with Crippen LogP contribution in [0.5, 0.6) is 0 Å². The van der Waals surface area contributed by atoms with Crippen LogP contribution in [0.15, 0.2) is 24.3 Å². The Morgan fingerprint density at radius 3 is 2.53 bits per heavy atom. The molecular weight excluding hydrogens is 295 g/mol. The van der Waals surface area contributed by atoms with Crippen molar-refractivity contribution >= 4 is 15.9 Å². The molecule has 0 bridgehead atoms. The van der Waals surface area contributed by atoms with Gasteiger partial charge in [0.1, 0.15) is 0 Å². The fourth-order valence-corrected chi connectivity index (χ4v) is 2.07. The van der Waals surface area contributed by atoms with Crippen LogP contribution in [0.1, 0.15) is 18.1 Å². The molecule has 0 fully saturated rings. The molecule has 0 aromatic heterocycles. The van der Waals surface area contributed by atoms with Gasteiger partial charge in [0, 0.05) is 18.4 Å². The molecule has 0 amide bonds. The van der Waals surface area contributed by atoms with Crippen LogP contribution in [0, 0.1) is 0 Å². The summed E-state index contributed by atoms with van der Waals surface area (Å²) in [5, 5.41) is 0.819. The number of nitrogens with zero attached hydrogens (tertiary/aromatic N) is 1. The number of halogens is 4. The van der Waals surface area contributed by atoms with Crippen molar-refractivity contribution in [1.29, 1.82) is 0 Å². The van der Waals surface area contributed by atoms with Crippen molar-refractivity contribution in [3.63, 3.8) is 0 Å². The second-order valence-corrected chi connectivity index (χ2v) is 4.55. The Bertz CT molecular complexity index is 352. The van der Waals surface area contributed by atoms with Crippen LogP contribution in [-0.2, 0) is 12.7 Å². The summed E-state index contributed by atoms with van der Waals surface area (Å²) in [6.45, 7) is 4.19. The molecule has 5 heteroatoms. The molecule has 0 unspecified atom stereocenters. The summed E-state index contributed by atoms with van der Waals surface area (Å²) in [6.07, 6.45) is -4.26. The molecule has 17 heavy (non-hydrogen) atoms. The highest BCUT2D eigenvalue weighted by Crippen LogP contribution is 2.29. The SMILES string of the molecule is CCN(CCBr)Cc1cccc(C(F)(F)F)c1. The van der Waals surface area contributed by atoms with E-state index in [0.717, 1.165) is 24.5 Å². The first-order valence-corrected chi connectivity index (χ1v) is 6.54. The first-order valence-electron chi connectivity index (χ1n) is 5.41. The van der Waals surface area contributed by atoms with E-state index in [2.05, 4.69) is 20.8 Å². The normalized spacial score (nSPS) is 12.1. The second-order valence-electron chi connectivity index (χ2n) is 3.76. The van der Waals surface area contributed by atoms with Gasteiger partial charge in [-0.2, -0.15) is 13.2 Å². The molecule has 0 aliphatic carbocycles. The van der Waals surface area contributed by atoms with Gasteiger partial charge in [0.05, 0.1) is 5.56 Å². The Balaban J connectivity index is 2.78. The lowest BCUT2D eigenvalue weighted by atomic mass is 10.1. The van der Waals surface area contributed by atoms with Crippen LogP contribution < -0.4 is 0 Å². The van der Waals surface area contributed by atoms with Gasteiger partial charge < -0.3 is 0 Å². The first-order chi connectivity index (χ1) is 7.97. The highest BCUT2D eigenvalue weighted by atomic mass is 79.9. The van der Waals surface area contributed by atoms with Crippen LogP contribution in [0.25, 0.3) is 0 Å². The van der Waals surface area contributed by atoms with Crippen molar-refractivity contribution in [2.24, 2.45) is 0 Å². The number of benzene rings is 1. The van der Waals surface area contributed by atoms with E-state index in [-0.39, 0.29) is 0 Å². The standard InChI is InChI=1S/C12H15BrF3N/c1-2-17(7-6-13)9-10-4-3-5-11(8-10)12(14,15)16/h3-5,8H,2,6-7,9H2,1H3. The minimum atomic E-state index is -4.26. The van der Waals surface area contributed by atoms with E-state index in [4.69, 9.17) is 0 Å². The molecule has 0 saturated heterocycles. The molecule has 0 spiro atoms. The zero-order chi connectivity index (χ0) is 12.9. The zero-order valence-electron chi connectivity index (χ0n) is 9.60. The van der Waals surface area contributed by atoms with Gasteiger partial charge in [0.2, 0.25) is 0 Å². The molecule has 1 aromatic rings. The summed E-state index contributed by atoms with van der Waals surface area (Å²) in [7, 11) is 0. The lowest BCUT2D eigenvalue weighted by Crippen LogP contribution is -2.25. The molecule has 0 atom stereocenters. The van der Waals surface area contributed by atoms with Gasteiger partial charge in [-0.3, -0.25) is 4.90 Å². The summed E-state index contributed by atoms with van der Waals surface area (Å²) in [6, 6.07) is 5.51. The van der Waals surface area contributed by atoms with E-state index in [1.807, 2.05) is 6.92 Å². The van der Waals surface area contributed by atoms with Crippen LogP contribution in [-0.4, -0.2) is 23.3 Å². The Morgan fingerprint density at radius 1 is 1.29 bits per heavy atom. The Morgan fingerprint density at radius 2 is 2.00 bits per heavy atom. The van der Waals surface area contributed by atoms with E-state index in [1.54, 1.807) is 6.07 Å². The summed E-state index contributed by atoms with van der Waals surface area (Å²) in [5.41, 5.74) is 0.118. The molecule has 96 valence electrons. The van der Waals surface area contributed by atoms with Gasteiger partial charge >= 0.3 is 6.18 Å². The quantitative estimate of drug-likeness (QED) is 0.745. The maximum Gasteiger partial charge on any atom is 0.416 e. The molecule has 0 N–H and O–H groups in total. The third kappa shape index (κ3) is 4.68. The molecule has 1 aromatic carbocycles. The molecule has 1 nitrogen and oxygen atoms in total. The molecule has 0 saturated carbocycles. The highest BCUT2D eigenvalue weighted by Gasteiger charge is 2.30. The van der Waals surface area contributed by atoms with E-state index < -0.39 is 11.7 Å². The lowest BCUT2D eigenvalue weighted by molar-refractivity contribution is -0.137. The Kier molecular flexibility index (Phi) is 5.46. The molecule has 0 heterocycles. The topological polar surface area (TPSA) is 3.24 Å². The third-order valence-corrected chi connectivity index (χ3v) is 2.86. The van der Waals surface area contributed by atoms with Gasteiger partial charge in [-0.1, -0.05) is 41.1 Å². The average molecular weight is 310 g/mol. The molecule has 0 aliphatic heterocycles. The van der Waals surface area contributed by atoms with Crippen molar-refractivity contribution in [3.05, 3.63) is 35.4 Å². The maximum atomic E-state index is 12.5. The van der Waals surface area contributed by atoms with Crippen molar-refractivity contribution in [2.45, 2.75) is 19.6 Å². The van der Waals surface area contributed by atoms with Gasteiger partial charge in [-0.25, -0.2) is 0 Å². The molecule has 1 rings (SSSR count). The molecule has 0 radical (unpaired) electrons. The first kappa shape index (κ1) is 14.5. The lowest BCUT2D eigenvalue weighted by Gasteiger charge is -2.19. The van der Waals surface area contributed by atoms with Gasteiger partial charge in [0.15, 0.2) is 0 Å². The van der Waals surface area contributed by atoms with Crippen molar-refractivity contribution in [2.75, 3.05) is 18.4 Å². The monoisotopic (exact) mass is 309 g/mol. The maximum absolute atomic E-state index is 12.5. The second kappa shape index (κ2) is 6.40. The number of alkyl halides is 4. The largest absolute Gasteiger partial charge is 0.416 e. The van der Waals surface area contributed by atoms with Crippen LogP contribution >= 0.6 is 15.9 Å². The van der Waals surface area contributed by atoms with E-state index in [9.17, 15) is 13.2 Å². The minimum absolute atomic E-state index is 0.548. The van der Waals surface area contributed by atoms with Gasteiger partial charge in [0.25, 0.3) is 0 Å². The predicted octanol–water partition coefficient (Wildman–Crippen LogP) is 3.92. The van der Waals surface area contributed by atoms with Crippen LogP contribution in [0.3, 0.4) is 0 Å². The van der Waals surface area contributed by atoms with Crippen LogP contribution in [0.2, 0.25) is 0 Å². The van der Waals surface area contributed by atoms with Crippen molar-refractivity contribution in [3.8, 4) is 0 Å². The summed E-state index contributed by atoms with van der Waals surface area (Å²) in [5.74, 6) is 0. The van der Waals surface area contributed by atoms with Crippen molar-refractivity contribution in [1.82, 2.24) is 4.90 Å². The van der Waals surface area contributed by atoms with Gasteiger partial charge in [-0.05, 0) is 18.2 Å². The summed E-state index contributed by atoms with van der Waals surface area (Å²) < 4.78 is 37.5. The Labute approximate surface area is 108 Å². The average Bonchev–Trinajstić information content (AvgIpc) is 2.28. The number of hydrogen-bond acceptors (Lipinski definition) is 1. The highest BCUT2D eigenvalue weighted by molar-refractivity contribution is 9.09. The minimum Gasteiger partial charge on any atom is -0.299 e. The Hall–Kier alpha value is -0.550. The van der Waals surface area contributed by atoms with Crippen molar-refractivity contribution < 1.29 is 13.2 Å². The fourth-order valence-electron chi connectivity index (χ4n) is 1.57. The van der Waals surface area contributed by atoms with Gasteiger partial charge in [-0.15, -0.1) is 0 Å². The zero-order valence-corrected chi connectivity index (χ0v) is 11.2. The third-order valence-electron chi connectivity index (χ3n) is 2.51. The van der Waals surface area contributed by atoms with E-state index >= 15 is 0 Å². The van der Waals surface area contributed by atoms with E-state index in [0.29, 0.717) is 12.1 Å². The molecule has 0 aliphatic rings. The number of hydrogen-bond donors (Lipinski definition) is 0. The van der Waals surface area contributed by atoms with Crippen LogP contribution in [0.4, 0.5) is 13.2 Å². The molecular formula is C12H15BrF3N. The summed E-state index contributed by atoms with van der Waals surface area (Å²) >= 11 is 3.33. The smallest absolute Gasteiger partial charge is 0.299 e.